The molecule has 0 fully saturated rings. The fourth-order valence-corrected chi connectivity index (χ4v) is 1.63. The van der Waals surface area contributed by atoms with Gasteiger partial charge in [0.2, 0.25) is 10.9 Å². The minimum atomic E-state index is -0.717. The van der Waals surface area contributed by atoms with Crippen LogP contribution in [0.25, 0.3) is 11.1 Å². The molecule has 0 unspecified atom stereocenters. The summed E-state index contributed by atoms with van der Waals surface area (Å²) in [5, 5.41) is 0.0637. The number of anilines is 1. The van der Waals surface area contributed by atoms with Gasteiger partial charge in [-0.3, -0.25) is 9.59 Å². The third-order valence-electron chi connectivity index (χ3n) is 2.15. The maximum atomic E-state index is 12.7. The molecule has 0 aliphatic carbocycles. The van der Waals surface area contributed by atoms with Crippen molar-refractivity contribution in [1.82, 2.24) is 0 Å². The van der Waals surface area contributed by atoms with Gasteiger partial charge in [0.25, 0.3) is 0 Å². The lowest BCUT2D eigenvalue weighted by Gasteiger charge is -2.08. The molecule has 15 heavy (non-hydrogen) atoms. The second-order valence-electron chi connectivity index (χ2n) is 3.07. The van der Waals surface area contributed by atoms with E-state index in [1.54, 1.807) is 0 Å². The summed E-state index contributed by atoms with van der Waals surface area (Å²) in [4.78, 5) is 22.0. The number of hydrogen-bond donors (Lipinski definition) is 1. The van der Waals surface area contributed by atoms with Crippen molar-refractivity contribution in [2.24, 2.45) is 0 Å². The summed E-state index contributed by atoms with van der Waals surface area (Å²) in [5.41, 5.74) is 4.20. The van der Waals surface area contributed by atoms with E-state index in [2.05, 4.69) is 0 Å². The van der Waals surface area contributed by atoms with E-state index < -0.39 is 16.7 Å². The maximum Gasteiger partial charge on any atom is 0.249 e. The van der Waals surface area contributed by atoms with Crippen LogP contribution in [0.1, 0.15) is 0 Å². The number of benzene rings is 1. The molecule has 0 aliphatic rings. The average Bonchev–Trinajstić information content (AvgIpc) is 2.21. The number of halogens is 2. The van der Waals surface area contributed by atoms with Crippen LogP contribution < -0.4 is 16.6 Å². The molecule has 0 amide bonds. The monoisotopic (exact) mass is 225 g/mol. The Morgan fingerprint density at radius 1 is 1.20 bits per heavy atom. The molecule has 5 heteroatoms. The average molecular weight is 226 g/mol. The lowest BCUT2D eigenvalue weighted by Crippen LogP contribution is -2.35. The van der Waals surface area contributed by atoms with E-state index in [1.807, 2.05) is 0 Å². The van der Waals surface area contributed by atoms with Gasteiger partial charge in [-0.15, -0.1) is 0 Å². The van der Waals surface area contributed by atoms with Crippen LogP contribution in [0.15, 0.2) is 27.8 Å². The van der Waals surface area contributed by atoms with Gasteiger partial charge in [0.1, 0.15) is 5.82 Å². The smallest absolute Gasteiger partial charge is 0.249 e. The Kier molecular flexibility index (Phi) is 2.08. The first-order valence-corrected chi connectivity index (χ1v) is 4.44. The quantitative estimate of drug-likeness (QED) is 0.745. The van der Waals surface area contributed by atoms with Crippen LogP contribution in [-0.2, 0) is 0 Å². The second kappa shape index (κ2) is 3.17. The molecular weight excluding hydrogens is 221 g/mol. The van der Waals surface area contributed by atoms with E-state index >= 15 is 0 Å². The minimum Gasteiger partial charge on any atom is -0.395 e. The first kappa shape index (κ1) is 9.86. The molecule has 2 aromatic carbocycles. The predicted octanol–water partition coefficient (Wildman–Crippen LogP) is 1.32. The van der Waals surface area contributed by atoms with Crippen molar-refractivity contribution in [3.05, 3.63) is 49.5 Å². The van der Waals surface area contributed by atoms with E-state index in [9.17, 15) is 14.0 Å². The van der Waals surface area contributed by atoms with Crippen LogP contribution in [0, 0.1) is 5.82 Å². The molecule has 0 saturated carbocycles. The summed E-state index contributed by atoms with van der Waals surface area (Å²) in [5.74, 6) is -0.513. The summed E-state index contributed by atoms with van der Waals surface area (Å²) < 4.78 is 12.7. The molecule has 0 aliphatic heterocycles. The molecule has 2 aromatic rings. The Balaban J connectivity index is 2.67. The zero-order valence-corrected chi connectivity index (χ0v) is 8.14. The molecule has 0 saturated heterocycles. The first-order chi connectivity index (χ1) is 7.02. The Morgan fingerprint density at radius 2 is 1.87 bits per heavy atom. The third-order valence-corrected chi connectivity index (χ3v) is 2.46. The molecule has 3 nitrogen and oxygen atoms in total. The van der Waals surface area contributed by atoms with Crippen molar-refractivity contribution >= 4 is 17.3 Å². The zero-order valence-electron chi connectivity index (χ0n) is 7.38. The SMILES string of the molecule is Nc1c(-c2ccc(F)cc2Cl)c(=O)c1=O. The first-order valence-electron chi connectivity index (χ1n) is 4.06. The van der Waals surface area contributed by atoms with Gasteiger partial charge in [-0.2, -0.15) is 0 Å². The number of hydrogen-bond acceptors (Lipinski definition) is 3. The summed E-state index contributed by atoms with van der Waals surface area (Å²) >= 11 is 5.72. The maximum absolute atomic E-state index is 12.7. The summed E-state index contributed by atoms with van der Waals surface area (Å²) in [7, 11) is 0. The van der Waals surface area contributed by atoms with E-state index in [-0.39, 0.29) is 16.3 Å². The largest absolute Gasteiger partial charge is 0.395 e. The highest BCUT2D eigenvalue weighted by Crippen LogP contribution is 2.29. The van der Waals surface area contributed by atoms with Crippen molar-refractivity contribution in [3.63, 3.8) is 0 Å². The van der Waals surface area contributed by atoms with Gasteiger partial charge in [-0.25, -0.2) is 4.39 Å². The lowest BCUT2D eigenvalue weighted by atomic mass is 9.99. The summed E-state index contributed by atoms with van der Waals surface area (Å²) in [6.07, 6.45) is 0. The van der Waals surface area contributed by atoms with Crippen LogP contribution in [0.3, 0.4) is 0 Å². The Bertz CT molecular complexity index is 614. The fraction of sp³-hybridized carbons (Fsp3) is 0. The van der Waals surface area contributed by atoms with Crippen molar-refractivity contribution < 1.29 is 4.39 Å². The van der Waals surface area contributed by atoms with E-state index in [1.165, 1.54) is 6.07 Å². The number of rotatable bonds is 1. The van der Waals surface area contributed by atoms with Gasteiger partial charge in [0, 0.05) is 5.56 Å². The molecule has 0 aromatic heterocycles. The predicted molar refractivity (Wildman–Crippen MR) is 56.2 cm³/mol. The van der Waals surface area contributed by atoms with Crippen LogP contribution in [-0.4, -0.2) is 0 Å². The summed E-state index contributed by atoms with van der Waals surface area (Å²) in [6.45, 7) is 0. The van der Waals surface area contributed by atoms with Crippen LogP contribution >= 0.6 is 11.6 Å². The van der Waals surface area contributed by atoms with Crippen molar-refractivity contribution in [1.29, 1.82) is 0 Å². The van der Waals surface area contributed by atoms with Gasteiger partial charge in [-0.05, 0) is 18.2 Å². The highest BCUT2D eigenvalue weighted by Gasteiger charge is 2.21. The third kappa shape index (κ3) is 1.34. The van der Waals surface area contributed by atoms with E-state index in [0.717, 1.165) is 12.1 Å². The van der Waals surface area contributed by atoms with Gasteiger partial charge in [0.15, 0.2) is 0 Å². The Hall–Kier alpha value is -1.68. The van der Waals surface area contributed by atoms with Crippen LogP contribution in [0.4, 0.5) is 10.1 Å². The zero-order chi connectivity index (χ0) is 11.2. The van der Waals surface area contributed by atoms with E-state index in [0.29, 0.717) is 5.56 Å². The van der Waals surface area contributed by atoms with Crippen molar-refractivity contribution in [2.75, 3.05) is 5.73 Å². The molecule has 0 bridgehead atoms. The van der Waals surface area contributed by atoms with Crippen LogP contribution in [0.2, 0.25) is 5.02 Å². The Morgan fingerprint density at radius 3 is 2.40 bits per heavy atom. The standard InChI is InChI=1S/C10H5ClFNO2/c11-6-3-4(12)1-2-5(6)7-8(13)10(15)9(7)14/h1-3H,13H2. The fourth-order valence-electron chi connectivity index (χ4n) is 1.37. The van der Waals surface area contributed by atoms with Crippen molar-refractivity contribution in [3.8, 4) is 11.1 Å². The van der Waals surface area contributed by atoms with Gasteiger partial charge < -0.3 is 5.73 Å². The lowest BCUT2D eigenvalue weighted by molar-refractivity contribution is 0.628. The minimum absolute atomic E-state index is 0.0637. The van der Waals surface area contributed by atoms with Crippen LogP contribution in [0.5, 0.6) is 0 Å². The highest BCUT2D eigenvalue weighted by atomic mass is 35.5. The molecule has 2 rings (SSSR count). The Labute approximate surface area is 88.6 Å². The number of nitrogens with two attached hydrogens (primary N) is 1. The molecule has 76 valence electrons. The topological polar surface area (TPSA) is 60.2 Å². The highest BCUT2D eigenvalue weighted by molar-refractivity contribution is 6.33. The molecule has 2 N–H and O–H groups in total. The molecule has 0 atom stereocenters. The van der Waals surface area contributed by atoms with Crippen molar-refractivity contribution in [2.45, 2.75) is 0 Å². The van der Waals surface area contributed by atoms with E-state index in [4.69, 9.17) is 17.3 Å². The molecule has 0 spiro atoms. The van der Waals surface area contributed by atoms with Gasteiger partial charge in [-0.1, -0.05) is 11.6 Å². The summed E-state index contributed by atoms with van der Waals surface area (Å²) in [6, 6.07) is 3.54. The second-order valence-corrected chi connectivity index (χ2v) is 3.48. The van der Waals surface area contributed by atoms with Gasteiger partial charge in [0.05, 0.1) is 16.3 Å². The number of nitrogen functional groups attached to an aromatic ring is 1. The normalized spacial score (nSPS) is 10.8. The molecular formula is C10H5ClFNO2. The molecule has 0 heterocycles. The molecule has 0 radical (unpaired) electrons. The van der Waals surface area contributed by atoms with Gasteiger partial charge >= 0.3 is 0 Å².